The van der Waals surface area contributed by atoms with Crippen LogP contribution in [-0.2, 0) is 4.79 Å². The minimum absolute atomic E-state index is 0. The second-order valence-electron chi connectivity index (χ2n) is 5.87. The van der Waals surface area contributed by atoms with Gasteiger partial charge in [0.25, 0.3) is 0 Å². The van der Waals surface area contributed by atoms with E-state index in [2.05, 4.69) is 26.1 Å². The molecule has 0 spiro atoms. The molecule has 0 saturated heterocycles. The fourth-order valence-electron chi connectivity index (χ4n) is 2.92. The van der Waals surface area contributed by atoms with Gasteiger partial charge in [0.05, 0.1) is 5.25 Å². The van der Waals surface area contributed by atoms with Crippen molar-refractivity contribution in [1.29, 1.82) is 0 Å². The summed E-state index contributed by atoms with van der Waals surface area (Å²) in [5.74, 6) is 2.12. The molecule has 120 valence electrons. The lowest BCUT2D eigenvalue weighted by atomic mass is 9.84. The molecule has 20 heavy (non-hydrogen) atoms. The zero-order chi connectivity index (χ0) is 14.3. The highest BCUT2D eigenvalue weighted by molar-refractivity contribution is 8.00. The summed E-state index contributed by atoms with van der Waals surface area (Å²) in [5.41, 5.74) is 5.88. The van der Waals surface area contributed by atoms with Gasteiger partial charge >= 0.3 is 0 Å². The standard InChI is InChI=1S/C15H30N2OS.ClH/c1-4-19-14(11(2)3)15(18)17-13(10-16)12-8-6-5-7-9-12;/h11-14H,4-10,16H2,1-3H3,(H,17,18);1H. The number of hydrogen-bond acceptors (Lipinski definition) is 3. The zero-order valence-corrected chi connectivity index (χ0v) is 14.7. The van der Waals surface area contributed by atoms with Gasteiger partial charge in [0, 0.05) is 12.6 Å². The van der Waals surface area contributed by atoms with Gasteiger partial charge in [0.2, 0.25) is 5.91 Å². The van der Waals surface area contributed by atoms with Crippen LogP contribution >= 0.6 is 24.2 Å². The number of halogens is 1. The highest BCUT2D eigenvalue weighted by Crippen LogP contribution is 2.27. The fraction of sp³-hybridized carbons (Fsp3) is 0.933. The number of carbonyl (C=O) groups is 1. The van der Waals surface area contributed by atoms with Crippen LogP contribution in [0.1, 0.15) is 52.9 Å². The molecule has 3 N–H and O–H groups in total. The number of nitrogens with one attached hydrogen (secondary N) is 1. The van der Waals surface area contributed by atoms with Crippen LogP contribution in [0.15, 0.2) is 0 Å². The first kappa shape index (κ1) is 20.1. The van der Waals surface area contributed by atoms with Crippen LogP contribution in [0.25, 0.3) is 0 Å². The van der Waals surface area contributed by atoms with E-state index in [-0.39, 0.29) is 29.6 Å². The van der Waals surface area contributed by atoms with Crippen LogP contribution in [0.3, 0.4) is 0 Å². The van der Waals surface area contributed by atoms with Crippen molar-refractivity contribution in [3.63, 3.8) is 0 Å². The van der Waals surface area contributed by atoms with Gasteiger partial charge < -0.3 is 11.1 Å². The first-order chi connectivity index (χ1) is 9.10. The van der Waals surface area contributed by atoms with Crippen LogP contribution in [0.2, 0.25) is 0 Å². The van der Waals surface area contributed by atoms with E-state index in [9.17, 15) is 4.79 Å². The monoisotopic (exact) mass is 322 g/mol. The minimum Gasteiger partial charge on any atom is -0.351 e. The molecular weight excluding hydrogens is 292 g/mol. The molecule has 0 aromatic heterocycles. The molecule has 0 heterocycles. The van der Waals surface area contributed by atoms with Crippen LogP contribution in [0.5, 0.6) is 0 Å². The van der Waals surface area contributed by atoms with E-state index in [1.807, 2.05) is 0 Å². The molecular formula is C15H31ClN2OS. The maximum absolute atomic E-state index is 12.4. The number of rotatable bonds is 7. The highest BCUT2D eigenvalue weighted by atomic mass is 35.5. The van der Waals surface area contributed by atoms with Gasteiger partial charge in [-0.15, -0.1) is 24.2 Å². The molecule has 2 unspecified atom stereocenters. The van der Waals surface area contributed by atoms with E-state index in [1.165, 1.54) is 32.1 Å². The zero-order valence-electron chi connectivity index (χ0n) is 13.1. The largest absolute Gasteiger partial charge is 0.351 e. The Hall–Kier alpha value is 0.0700. The molecule has 1 fully saturated rings. The molecule has 1 saturated carbocycles. The summed E-state index contributed by atoms with van der Waals surface area (Å²) < 4.78 is 0. The molecule has 0 radical (unpaired) electrons. The van der Waals surface area contributed by atoms with Gasteiger partial charge in [-0.2, -0.15) is 0 Å². The second kappa shape index (κ2) is 10.7. The van der Waals surface area contributed by atoms with Crippen molar-refractivity contribution in [2.45, 2.75) is 64.2 Å². The van der Waals surface area contributed by atoms with E-state index in [4.69, 9.17) is 5.73 Å². The van der Waals surface area contributed by atoms with Crippen molar-refractivity contribution in [3.05, 3.63) is 0 Å². The molecule has 1 aliphatic rings. The highest BCUT2D eigenvalue weighted by Gasteiger charge is 2.28. The van der Waals surface area contributed by atoms with E-state index in [0.29, 0.717) is 18.4 Å². The predicted molar refractivity (Wildman–Crippen MR) is 91.6 cm³/mol. The number of amides is 1. The minimum atomic E-state index is 0. The van der Waals surface area contributed by atoms with Crippen molar-refractivity contribution < 1.29 is 4.79 Å². The summed E-state index contributed by atoms with van der Waals surface area (Å²) in [7, 11) is 0. The molecule has 5 heteroatoms. The molecule has 1 aliphatic carbocycles. The van der Waals surface area contributed by atoms with Crippen molar-refractivity contribution in [2.24, 2.45) is 17.6 Å². The predicted octanol–water partition coefficient (Wildman–Crippen LogP) is 3.21. The first-order valence-corrected chi connectivity index (χ1v) is 8.77. The van der Waals surface area contributed by atoms with E-state index < -0.39 is 0 Å². The molecule has 1 amide bonds. The van der Waals surface area contributed by atoms with Gasteiger partial charge in [0.15, 0.2) is 0 Å². The van der Waals surface area contributed by atoms with Crippen molar-refractivity contribution in [1.82, 2.24) is 5.32 Å². The molecule has 0 bridgehead atoms. The second-order valence-corrected chi connectivity index (χ2v) is 7.29. The molecule has 2 atom stereocenters. The number of nitrogens with two attached hydrogens (primary N) is 1. The number of thioether (sulfide) groups is 1. The van der Waals surface area contributed by atoms with Crippen LogP contribution in [-0.4, -0.2) is 29.5 Å². The lowest BCUT2D eigenvalue weighted by Gasteiger charge is -2.31. The van der Waals surface area contributed by atoms with Gasteiger partial charge in [-0.05, 0) is 30.4 Å². The van der Waals surface area contributed by atoms with Crippen molar-refractivity contribution in [3.8, 4) is 0 Å². The summed E-state index contributed by atoms with van der Waals surface area (Å²) >= 11 is 1.74. The van der Waals surface area contributed by atoms with Gasteiger partial charge in [0.1, 0.15) is 0 Å². The Labute approximate surface area is 134 Å². The Morgan fingerprint density at radius 3 is 2.35 bits per heavy atom. The Kier molecular flexibility index (Phi) is 10.8. The average molecular weight is 323 g/mol. The molecule has 1 rings (SSSR count). The van der Waals surface area contributed by atoms with Gasteiger partial charge in [-0.3, -0.25) is 4.79 Å². The van der Waals surface area contributed by atoms with Crippen molar-refractivity contribution in [2.75, 3.05) is 12.3 Å². The van der Waals surface area contributed by atoms with Gasteiger partial charge in [-0.25, -0.2) is 0 Å². The number of carbonyl (C=O) groups excluding carboxylic acids is 1. The van der Waals surface area contributed by atoms with Crippen LogP contribution in [0, 0.1) is 11.8 Å². The lowest BCUT2D eigenvalue weighted by Crippen LogP contribution is -2.49. The third-order valence-electron chi connectivity index (χ3n) is 4.01. The maximum atomic E-state index is 12.4. The molecule has 0 aliphatic heterocycles. The molecule has 0 aromatic rings. The first-order valence-electron chi connectivity index (χ1n) is 7.72. The third-order valence-corrected chi connectivity index (χ3v) is 5.46. The topological polar surface area (TPSA) is 55.1 Å². The van der Waals surface area contributed by atoms with Gasteiger partial charge in [-0.1, -0.05) is 40.0 Å². The smallest absolute Gasteiger partial charge is 0.233 e. The summed E-state index contributed by atoms with van der Waals surface area (Å²) in [6, 6.07) is 0.173. The van der Waals surface area contributed by atoms with Crippen LogP contribution < -0.4 is 11.1 Å². The SMILES string of the molecule is CCSC(C(=O)NC(CN)C1CCCCC1)C(C)C.Cl. The Morgan fingerprint density at radius 2 is 1.90 bits per heavy atom. The number of hydrogen-bond donors (Lipinski definition) is 2. The Morgan fingerprint density at radius 1 is 1.30 bits per heavy atom. The summed E-state index contributed by atoms with van der Waals surface area (Å²) in [5, 5.41) is 3.28. The normalized spacial score (nSPS) is 19.2. The van der Waals surface area contributed by atoms with E-state index >= 15 is 0 Å². The summed E-state index contributed by atoms with van der Waals surface area (Å²) in [6.07, 6.45) is 6.34. The fourth-order valence-corrected chi connectivity index (χ4v) is 3.88. The maximum Gasteiger partial charge on any atom is 0.233 e. The van der Waals surface area contributed by atoms with E-state index in [1.54, 1.807) is 11.8 Å². The summed E-state index contributed by atoms with van der Waals surface area (Å²) in [4.78, 5) is 12.4. The Bertz CT molecular complexity index is 271. The van der Waals surface area contributed by atoms with E-state index in [0.717, 1.165) is 5.75 Å². The Balaban J connectivity index is 0.00000361. The quantitative estimate of drug-likeness (QED) is 0.756. The summed E-state index contributed by atoms with van der Waals surface area (Å²) in [6.45, 7) is 6.91. The van der Waals surface area contributed by atoms with Crippen molar-refractivity contribution >= 4 is 30.1 Å². The van der Waals surface area contributed by atoms with Crippen LogP contribution in [0.4, 0.5) is 0 Å². The molecule has 3 nitrogen and oxygen atoms in total. The average Bonchev–Trinajstić information content (AvgIpc) is 2.42. The molecule has 0 aromatic carbocycles. The lowest BCUT2D eigenvalue weighted by molar-refractivity contribution is -0.122. The third kappa shape index (κ3) is 6.23.